The molecule has 0 fully saturated rings. The third-order valence-electron chi connectivity index (χ3n) is 4.93. The van der Waals surface area contributed by atoms with E-state index < -0.39 is 0 Å². The smallest absolute Gasteiger partial charge is 0.231 e. The molecule has 0 spiro atoms. The van der Waals surface area contributed by atoms with E-state index in [1.165, 1.54) is 0 Å². The minimum Gasteiger partial charge on any atom is -0.497 e. The van der Waals surface area contributed by atoms with E-state index in [0.29, 0.717) is 35.2 Å². The summed E-state index contributed by atoms with van der Waals surface area (Å²) >= 11 is 0. The van der Waals surface area contributed by atoms with Crippen LogP contribution in [0.5, 0.6) is 28.7 Å². The summed E-state index contributed by atoms with van der Waals surface area (Å²) in [5.74, 6) is 3.17. The molecule has 6 nitrogen and oxygen atoms in total. The fraction of sp³-hybridized carbons (Fsp3) is 0.160. The van der Waals surface area contributed by atoms with Gasteiger partial charge in [-0.1, -0.05) is 12.1 Å². The van der Waals surface area contributed by atoms with E-state index in [4.69, 9.17) is 23.7 Å². The van der Waals surface area contributed by atoms with Crippen molar-refractivity contribution in [1.82, 2.24) is 0 Å². The summed E-state index contributed by atoms with van der Waals surface area (Å²) in [4.78, 5) is 12.8. The van der Waals surface area contributed by atoms with Crippen molar-refractivity contribution in [3.8, 4) is 28.7 Å². The van der Waals surface area contributed by atoms with E-state index in [-0.39, 0.29) is 11.5 Å². The normalized spacial score (nSPS) is 13.5. The second-order valence-corrected chi connectivity index (χ2v) is 6.84. The van der Waals surface area contributed by atoms with Gasteiger partial charge in [-0.3, -0.25) is 4.79 Å². The Hall–Kier alpha value is -3.93. The lowest BCUT2D eigenvalue weighted by molar-refractivity contribution is 0.101. The third-order valence-corrected chi connectivity index (χ3v) is 4.93. The predicted molar refractivity (Wildman–Crippen MR) is 116 cm³/mol. The van der Waals surface area contributed by atoms with E-state index in [9.17, 15) is 4.79 Å². The van der Waals surface area contributed by atoms with Crippen molar-refractivity contribution in [2.75, 3.05) is 21.3 Å². The Morgan fingerprint density at radius 2 is 1.52 bits per heavy atom. The zero-order chi connectivity index (χ0) is 21.8. The fourth-order valence-corrected chi connectivity index (χ4v) is 3.22. The fourth-order valence-electron chi connectivity index (χ4n) is 3.22. The van der Waals surface area contributed by atoms with Crippen LogP contribution in [0.3, 0.4) is 0 Å². The Morgan fingerprint density at radius 1 is 0.806 bits per heavy atom. The van der Waals surface area contributed by atoms with Crippen molar-refractivity contribution in [2.24, 2.45) is 0 Å². The van der Waals surface area contributed by atoms with Crippen LogP contribution in [-0.4, -0.2) is 27.1 Å². The molecule has 158 valence electrons. The summed E-state index contributed by atoms with van der Waals surface area (Å²) in [6.45, 7) is 0.391. The molecule has 0 aromatic heterocycles. The second-order valence-electron chi connectivity index (χ2n) is 6.84. The Balaban J connectivity index is 1.50. The average molecular weight is 418 g/mol. The van der Waals surface area contributed by atoms with Gasteiger partial charge in [0.1, 0.15) is 35.4 Å². The molecule has 0 saturated heterocycles. The first-order chi connectivity index (χ1) is 15.1. The molecular weight excluding hydrogens is 396 g/mol. The van der Waals surface area contributed by atoms with Gasteiger partial charge in [-0.15, -0.1) is 0 Å². The highest BCUT2D eigenvalue weighted by Gasteiger charge is 2.28. The van der Waals surface area contributed by atoms with Crippen LogP contribution in [0.15, 0.2) is 66.4 Å². The van der Waals surface area contributed by atoms with Gasteiger partial charge in [0.15, 0.2) is 5.76 Å². The number of carbonyl (C=O) groups is 1. The van der Waals surface area contributed by atoms with Crippen LogP contribution < -0.4 is 23.7 Å². The van der Waals surface area contributed by atoms with Crippen LogP contribution in [0.25, 0.3) is 6.08 Å². The first-order valence-corrected chi connectivity index (χ1v) is 9.67. The Labute approximate surface area is 180 Å². The maximum absolute atomic E-state index is 12.8. The SMILES string of the molecule is COc1ccc(COc2ccc3c(c2)OC(=Cc2ccc(OC)cc2OC)C3=O)cc1. The first kappa shape index (κ1) is 20.3. The minimum absolute atomic E-state index is 0.186. The molecule has 1 aliphatic rings. The van der Waals surface area contributed by atoms with E-state index in [1.807, 2.05) is 30.3 Å². The number of methoxy groups -OCH3 is 3. The molecule has 3 aromatic carbocycles. The number of fused-ring (bicyclic) bond motifs is 1. The quantitative estimate of drug-likeness (QED) is 0.508. The van der Waals surface area contributed by atoms with Crippen LogP contribution >= 0.6 is 0 Å². The highest BCUT2D eigenvalue weighted by molar-refractivity contribution is 6.14. The summed E-state index contributed by atoms with van der Waals surface area (Å²) < 4.78 is 27.5. The number of ether oxygens (including phenoxy) is 5. The highest BCUT2D eigenvalue weighted by atomic mass is 16.5. The van der Waals surface area contributed by atoms with E-state index in [1.54, 1.807) is 57.7 Å². The molecule has 0 radical (unpaired) electrons. The van der Waals surface area contributed by atoms with Crippen molar-refractivity contribution in [2.45, 2.75) is 6.61 Å². The van der Waals surface area contributed by atoms with Gasteiger partial charge >= 0.3 is 0 Å². The summed E-state index contributed by atoms with van der Waals surface area (Å²) in [5.41, 5.74) is 2.22. The molecule has 0 amide bonds. The number of hydrogen-bond donors (Lipinski definition) is 0. The van der Waals surface area contributed by atoms with Crippen molar-refractivity contribution in [3.05, 3.63) is 83.1 Å². The van der Waals surface area contributed by atoms with E-state index in [2.05, 4.69) is 0 Å². The molecule has 1 heterocycles. The molecule has 0 unspecified atom stereocenters. The van der Waals surface area contributed by atoms with Crippen molar-refractivity contribution in [3.63, 3.8) is 0 Å². The molecule has 31 heavy (non-hydrogen) atoms. The number of carbonyl (C=O) groups excluding carboxylic acids is 1. The van der Waals surface area contributed by atoms with Gasteiger partial charge in [0.2, 0.25) is 5.78 Å². The number of ketones is 1. The Kier molecular flexibility index (Phi) is 5.80. The molecule has 0 N–H and O–H groups in total. The summed E-state index contributed by atoms with van der Waals surface area (Å²) in [6.07, 6.45) is 1.67. The summed E-state index contributed by atoms with van der Waals surface area (Å²) in [6, 6.07) is 18.2. The van der Waals surface area contributed by atoms with Gasteiger partial charge in [-0.2, -0.15) is 0 Å². The number of hydrogen-bond acceptors (Lipinski definition) is 6. The molecule has 4 rings (SSSR count). The average Bonchev–Trinajstić information content (AvgIpc) is 3.12. The van der Waals surface area contributed by atoms with Crippen LogP contribution in [-0.2, 0) is 6.61 Å². The van der Waals surface area contributed by atoms with Crippen molar-refractivity contribution < 1.29 is 28.5 Å². The van der Waals surface area contributed by atoms with Gasteiger partial charge in [0.25, 0.3) is 0 Å². The summed E-state index contributed by atoms with van der Waals surface area (Å²) in [7, 11) is 4.78. The lowest BCUT2D eigenvalue weighted by Gasteiger charge is -2.08. The molecule has 3 aromatic rings. The largest absolute Gasteiger partial charge is 0.497 e. The maximum Gasteiger partial charge on any atom is 0.231 e. The standard InChI is InChI=1S/C25H22O6/c1-27-18-7-4-16(5-8-18)15-30-20-10-11-21-23(14-20)31-24(25(21)26)12-17-6-9-19(28-2)13-22(17)29-3/h4-14H,15H2,1-3H3. The summed E-state index contributed by atoms with van der Waals surface area (Å²) in [5, 5.41) is 0. The number of benzene rings is 3. The predicted octanol–water partition coefficient (Wildman–Crippen LogP) is 4.91. The molecule has 0 aliphatic carbocycles. The van der Waals surface area contributed by atoms with Gasteiger partial charge in [-0.25, -0.2) is 0 Å². The topological polar surface area (TPSA) is 63.2 Å². The Morgan fingerprint density at radius 3 is 2.23 bits per heavy atom. The zero-order valence-corrected chi connectivity index (χ0v) is 17.5. The van der Waals surface area contributed by atoms with Gasteiger partial charge < -0.3 is 23.7 Å². The molecular formula is C25H22O6. The molecule has 0 bridgehead atoms. The van der Waals surface area contributed by atoms with Gasteiger partial charge in [0, 0.05) is 17.7 Å². The van der Waals surface area contributed by atoms with Gasteiger partial charge in [-0.05, 0) is 48.0 Å². The van der Waals surface area contributed by atoms with Gasteiger partial charge in [0.05, 0.1) is 26.9 Å². The lowest BCUT2D eigenvalue weighted by Crippen LogP contribution is -1.99. The van der Waals surface area contributed by atoms with Crippen LogP contribution in [0, 0.1) is 0 Å². The highest BCUT2D eigenvalue weighted by Crippen LogP contribution is 2.36. The second kappa shape index (κ2) is 8.83. The van der Waals surface area contributed by atoms with Crippen LogP contribution in [0.1, 0.15) is 21.5 Å². The monoisotopic (exact) mass is 418 g/mol. The molecule has 1 aliphatic heterocycles. The number of Topliss-reactive ketones (excluding diaryl/α,β-unsaturated/α-hetero) is 1. The molecule has 0 atom stereocenters. The van der Waals surface area contributed by atoms with Crippen LogP contribution in [0.4, 0.5) is 0 Å². The number of rotatable bonds is 7. The third kappa shape index (κ3) is 4.33. The lowest BCUT2D eigenvalue weighted by atomic mass is 10.1. The zero-order valence-electron chi connectivity index (χ0n) is 17.5. The first-order valence-electron chi connectivity index (χ1n) is 9.67. The van der Waals surface area contributed by atoms with E-state index in [0.717, 1.165) is 16.9 Å². The molecule has 6 heteroatoms. The minimum atomic E-state index is -0.186. The van der Waals surface area contributed by atoms with Crippen molar-refractivity contribution in [1.29, 1.82) is 0 Å². The number of allylic oxidation sites excluding steroid dienone is 1. The van der Waals surface area contributed by atoms with Crippen LogP contribution in [0.2, 0.25) is 0 Å². The Bertz CT molecular complexity index is 1130. The van der Waals surface area contributed by atoms with Crippen molar-refractivity contribution >= 4 is 11.9 Å². The molecule has 0 saturated carbocycles. The van der Waals surface area contributed by atoms with E-state index >= 15 is 0 Å². The maximum atomic E-state index is 12.8.